The molecule has 3 heterocycles. The first-order chi connectivity index (χ1) is 9.52. The van der Waals surface area contributed by atoms with Gasteiger partial charge in [-0.15, -0.1) is 0 Å². The molecule has 6 N–H and O–H groups in total. The Morgan fingerprint density at radius 3 is 2.85 bits per heavy atom. The number of imidazole rings is 1. The van der Waals surface area contributed by atoms with Crippen molar-refractivity contribution in [1.82, 2.24) is 19.5 Å². The Hall–Kier alpha value is -2.01. The fourth-order valence-electron chi connectivity index (χ4n) is 2.24. The number of hydrogen-bond donors (Lipinski definition) is 5. The van der Waals surface area contributed by atoms with Gasteiger partial charge < -0.3 is 25.8 Å². The van der Waals surface area contributed by atoms with Gasteiger partial charge in [0, 0.05) is 0 Å². The molecule has 10 nitrogen and oxygen atoms in total. The van der Waals surface area contributed by atoms with Crippen molar-refractivity contribution in [3.63, 3.8) is 0 Å². The summed E-state index contributed by atoms with van der Waals surface area (Å²) in [4.78, 5) is 21.8. The second kappa shape index (κ2) is 4.52. The third-order valence-electron chi connectivity index (χ3n) is 3.24. The number of nitrogens with two attached hydrogens (primary N) is 1. The molecule has 2 aromatic heterocycles. The van der Waals surface area contributed by atoms with E-state index in [2.05, 4.69) is 15.0 Å². The fraction of sp³-hybridized carbons (Fsp3) is 0.500. The standard InChI is InChI=1S/C10H13N5O5/c11-10-13-7-4(8(19)14-10)12-2-15(7)9-6(18)5(17)3(1-16)20-9/h2-3,5-6,9,16-18H,1H2,(H3,11,13,14,19)/t3?,5-,6-,9?/m0/s1. The molecule has 3 rings (SSSR count). The van der Waals surface area contributed by atoms with Crippen molar-refractivity contribution in [3.8, 4) is 0 Å². The zero-order chi connectivity index (χ0) is 14.4. The lowest BCUT2D eigenvalue weighted by molar-refractivity contribution is -0.0511. The molecule has 0 bridgehead atoms. The van der Waals surface area contributed by atoms with E-state index in [1.807, 2.05) is 0 Å². The molecule has 0 aliphatic carbocycles. The number of nitrogens with zero attached hydrogens (tertiary/aromatic N) is 3. The molecule has 1 saturated heterocycles. The van der Waals surface area contributed by atoms with Crippen LogP contribution in [0.2, 0.25) is 0 Å². The Balaban J connectivity index is 2.09. The maximum atomic E-state index is 11.7. The number of aliphatic hydroxyl groups is 3. The Labute approximate surface area is 111 Å². The summed E-state index contributed by atoms with van der Waals surface area (Å²) in [5.74, 6) is -0.101. The van der Waals surface area contributed by atoms with Gasteiger partial charge in [-0.05, 0) is 0 Å². The molecule has 0 radical (unpaired) electrons. The molecular weight excluding hydrogens is 270 g/mol. The summed E-state index contributed by atoms with van der Waals surface area (Å²) in [6.45, 7) is -0.447. The molecule has 4 atom stereocenters. The highest BCUT2D eigenvalue weighted by Gasteiger charge is 2.44. The lowest BCUT2D eigenvalue weighted by atomic mass is 10.1. The minimum absolute atomic E-state index is 0.0388. The molecule has 0 saturated carbocycles. The first kappa shape index (κ1) is 13.0. The van der Waals surface area contributed by atoms with E-state index in [4.69, 9.17) is 15.6 Å². The molecule has 1 fully saturated rings. The minimum Gasteiger partial charge on any atom is -0.394 e. The Bertz CT molecular complexity index is 697. The predicted octanol–water partition coefficient (Wildman–Crippen LogP) is -2.69. The second-order valence-corrected chi connectivity index (χ2v) is 4.50. The van der Waals surface area contributed by atoms with E-state index in [0.717, 1.165) is 0 Å². The van der Waals surface area contributed by atoms with Crippen LogP contribution in [0.1, 0.15) is 6.23 Å². The number of aromatic amines is 1. The molecule has 0 spiro atoms. The van der Waals surface area contributed by atoms with Crippen LogP contribution in [0.25, 0.3) is 11.2 Å². The van der Waals surface area contributed by atoms with Gasteiger partial charge in [0.25, 0.3) is 5.56 Å². The topological polar surface area (TPSA) is 160 Å². The van der Waals surface area contributed by atoms with Crippen LogP contribution in [0.5, 0.6) is 0 Å². The number of fused-ring (bicyclic) bond motifs is 1. The van der Waals surface area contributed by atoms with Crippen LogP contribution in [0.15, 0.2) is 11.1 Å². The number of ether oxygens (including phenoxy) is 1. The van der Waals surface area contributed by atoms with Crippen LogP contribution in [-0.4, -0.2) is 59.8 Å². The third-order valence-corrected chi connectivity index (χ3v) is 3.24. The number of nitrogens with one attached hydrogen (secondary N) is 1. The van der Waals surface area contributed by atoms with Crippen LogP contribution in [0.3, 0.4) is 0 Å². The molecule has 2 aromatic rings. The smallest absolute Gasteiger partial charge is 0.280 e. The van der Waals surface area contributed by atoms with E-state index < -0.39 is 36.7 Å². The van der Waals surface area contributed by atoms with Crippen molar-refractivity contribution in [3.05, 3.63) is 16.7 Å². The highest BCUT2D eigenvalue weighted by molar-refractivity contribution is 5.70. The summed E-state index contributed by atoms with van der Waals surface area (Å²) in [5, 5.41) is 28.7. The van der Waals surface area contributed by atoms with Crippen molar-refractivity contribution in [2.45, 2.75) is 24.5 Å². The first-order valence-corrected chi connectivity index (χ1v) is 5.87. The van der Waals surface area contributed by atoms with Crippen LogP contribution >= 0.6 is 0 Å². The maximum Gasteiger partial charge on any atom is 0.280 e. The summed E-state index contributed by atoms with van der Waals surface area (Å²) in [5.41, 5.74) is 5.12. The van der Waals surface area contributed by atoms with Crippen LogP contribution < -0.4 is 11.3 Å². The number of H-pyrrole nitrogens is 1. The average molecular weight is 283 g/mol. The number of aliphatic hydroxyl groups excluding tert-OH is 3. The molecule has 1 aliphatic heterocycles. The lowest BCUT2D eigenvalue weighted by Gasteiger charge is -2.16. The zero-order valence-corrected chi connectivity index (χ0v) is 10.2. The lowest BCUT2D eigenvalue weighted by Crippen LogP contribution is -2.33. The quantitative estimate of drug-likeness (QED) is 0.398. The van der Waals surface area contributed by atoms with Gasteiger partial charge in [-0.1, -0.05) is 0 Å². The van der Waals surface area contributed by atoms with Crippen molar-refractivity contribution >= 4 is 17.1 Å². The van der Waals surface area contributed by atoms with Gasteiger partial charge in [0.05, 0.1) is 12.9 Å². The summed E-state index contributed by atoms with van der Waals surface area (Å²) >= 11 is 0. The van der Waals surface area contributed by atoms with E-state index in [0.29, 0.717) is 0 Å². The van der Waals surface area contributed by atoms with Crippen molar-refractivity contribution < 1.29 is 20.1 Å². The summed E-state index contributed by atoms with van der Waals surface area (Å²) in [6, 6.07) is 0. The Morgan fingerprint density at radius 1 is 1.45 bits per heavy atom. The number of rotatable bonds is 2. The third kappa shape index (κ3) is 1.78. The first-order valence-electron chi connectivity index (χ1n) is 5.87. The normalized spacial score (nSPS) is 30.1. The van der Waals surface area contributed by atoms with E-state index in [1.54, 1.807) is 0 Å². The van der Waals surface area contributed by atoms with Gasteiger partial charge in [-0.2, -0.15) is 4.98 Å². The number of anilines is 1. The van der Waals surface area contributed by atoms with Gasteiger partial charge in [0.2, 0.25) is 5.95 Å². The summed E-state index contributed by atoms with van der Waals surface area (Å²) in [6.07, 6.45) is -3.21. The highest BCUT2D eigenvalue weighted by Crippen LogP contribution is 2.30. The number of hydrogen-bond acceptors (Lipinski definition) is 8. The molecule has 2 unspecified atom stereocenters. The van der Waals surface area contributed by atoms with Crippen LogP contribution in [0, 0.1) is 0 Å². The van der Waals surface area contributed by atoms with E-state index in [-0.39, 0.29) is 17.1 Å². The van der Waals surface area contributed by atoms with Crippen molar-refractivity contribution in [2.75, 3.05) is 12.3 Å². The maximum absolute atomic E-state index is 11.7. The highest BCUT2D eigenvalue weighted by atomic mass is 16.6. The largest absolute Gasteiger partial charge is 0.394 e. The van der Waals surface area contributed by atoms with Crippen molar-refractivity contribution in [1.29, 1.82) is 0 Å². The molecule has 20 heavy (non-hydrogen) atoms. The summed E-state index contributed by atoms with van der Waals surface area (Å²) in [7, 11) is 0. The average Bonchev–Trinajstić information content (AvgIpc) is 2.93. The number of nitrogen functional groups attached to an aromatic ring is 1. The molecule has 1 aliphatic rings. The predicted molar refractivity (Wildman–Crippen MR) is 65.6 cm³/mol. The summed E-state index contributed by atoms with van der Waals surface area (Å²) < 4.78 is 6.64. The molecule has 0 aromatic carbocycles. The van der Waals surface area contributed by atoms with E-state index >= 15 is 0 Å². The van der Waals surface area contributed by atoms with E-state index in [9.17, 15) is 15.0 Å². The Kier molecular flexibility index (Phi) is 2.94. The fourth-order valence-corrected chi connectivity index (χ4v) is 2.24. The van der Waals surface area contributed by atoms with Gasteiger partial charge >= 0.3 is 0 Å². The number of aromatic nitrogens is 4. The van der Waals surface area contributed by atoms with Crippen LogP contribution in [-0.2, 0) is 4.74 Å². The van der Waals surface area contributed by atoms with Gasteiger partial charge in [0.1, 0.15) is 18.3 Å². The van der Waals surface area contributed by atoms with Crippen LogP contribution in [0.4, 0.5) is 5.95 Å². The SMILES string of the molecule is Nc1nc2c(ncn2C2OC(CO)[C@H](O)[C@@H]2O)c(=O)[nH]1. The monoisotopic (exact) mass is 283 g/mol. The molecule has 0 amide bonds. The Morgan fingerprint density at radius 2 is 2.20 bits per heavy atom. The van der Waals surface area contributed by atoms with Gasteiger partial charge in [-0.25, -0.2) is 4.98 Å². The molecular formula is C10H13N5O5. The molecule has 108 valence electrons. The van der Waals surface area contributed by atoms with E-state index in [1.165, 1.54) is 10.9 Å². The zero-order valence-electron chi connectivity index (χ0n) is 10.2. The van der Waals surface area contributed by atoms with Gasteiger partial charge in [0.15, 0.2) is 17.4 Å². The van der Waals surface area contributed by atoms with Gasteiger partial charge in [-0.3, -0.25) is 14.3 Å². The second-order valence-electron chi connectivity index (χ2n) is 4.50. The van der Waals surface area contributed by atoms with Crippen molar-refractivity contribution in [2.24, 2.45) is 0 Å². The minimum atomic E-state index is -1.29. The molecule has 10 heteroatoms.